The molecule has 2 aromatic carbocycles. The molecule has 0 aliphatic heterocycles. The highest BCUT2D eigenvalue weighted by molar-refractivity contribution is 5.90. The van der Waals surface area contributed by atoms with Crippen LogP contribution in [0.1, 0.15) is 23.0 Å². The Bertz CT molecular complexity index is 888. The van der Waals surface area contributed by atoms with Crippen LogP contribution < -0.4 is 4.74 Å². The summed E-state index contributed by atoms with van der Waals surface area (Å²) in [5.74, 6) is -0.255. The Morgan fingerprint density at radius 3 is 2.12 bits per heavy atom. The fourth-order valence-electron chi connectivity index (χ4n) is 2.39. The lowest BCUT2D eigenvalue weighted by Crippen LogP contribution is -2.05. The smallest absolute Gasteiger partial charge is 0.338 e. The van der Waals surface area contributed by atoms with E-state index in [9.17, 15) is 9.59 Å². The average molecular weight is 347 g/mol. The van der Waals surface area contributed by atoms with Gasteiger partial charge in [-0.15, -0.1) is 0 Å². The molecule has 3 aromatic rings. The fraction of sp³-hybridized carbons (Fsp3) is 0.0952. The average Bonchev–Trinajstić information content (AvgIpc) is 2.67. The summed E-state index contributed by atoms with van der Waals surface area (Å²) in [6.07, 6.45) is 1.66. The first-order chi connectivity index (χ1) is 12.6. The van der Waals surface area contributed by atoms with E-state index in [1.54, 1.807) is 36.5 Å². The summed E-state index contributed by atoms with van der Waals surface area (Å²) >= 11 is 0. The lowest BCUT2D eigenvalue weighted by Gasteiger charge is -2.07. The number of carbonyl (C=O) groups is 2. The third-order valence-corrected chi connectivity index (χ3v) is 3.65. The Balaban J connectivity index is 1.64. The number of ether oxygens (including phenoxy) is 2. The van der Waals surface area contributed by atoms with Gasteiger partial charge in [-0.05, 0) is 47.5 Å². The molecule has 26 heavy (non-hydrogen) atoms. The molecule has 0 N–H and O–H groups in total. The normalized spacial score (nSPS) is 10.2. The van der Waals surface area contributed by atoms with Crippen LogP contribution in [-0.4, -0.2) is 16.9 Å². The van der Waals surface area contributed by atoms with E-state index in [1.165, 1.54) is 6.92 Å². The monoisotopic (exact) mass is 347 g/mol. The molecule has 0 aliphatic rings. The number of rotatable bonds is 5. The molecule has 5 nitrogen and oxygen atoms in total. The molecular formula is C21H17NO4. The Hall–Kier alpha value is -3.47. The summed E-state index contributed by atoms with van der Waals surface area (Å²) < 4.78 is 10.3. The molecule has 1 aromatic heterocycles. The molecule has 0 atom stereocenters. The number of aromatic nitrogens is 1. The van der Waals surface area contributed by atoms with Crippen LogP contribution in [0.3, 0.4) is 0 Å². The Morgan fingerprint density at radius 1 is 0.885 bits per heavy atom. The van der Waals surface area contributed by atoms with Crippen LogP contribution in [0.15, 0.2) is 72.9 Å². The number of esters is 2. The molecule has 0 radical (unpaired) electrons. The van der Waals surface area contributed by atoms with Crippen LogP contribution in [0.5, 0.6) is 5.75 Å². The molecule has 0 aliphatic carbocycles. The van der Waals surface area contributed by atoms with Crippen LogP contribution in [0.4, 0.5) is 0 Å². The summed E-state index contributed by atoms with van der Waals surface area (Å²) in [7, 11) is 0. The maximum Gasteiger partial charge on any atom is 0.338 e. The highest BCUT2D eigenvalue weighted by atomic mass is 16.5. The SMILES string of the molecule is CC(=O)Oc1ccc(-c2ccc(C(=O)OCc3ccccn3)cc2)cc1. The van der Waals surface area contributed by atoms with E-state index in [4.69, 9.17) is 9.47 Å². The minimum Gasteiger partial charge on any atom is -0.456 e. The van der Waals surface area contributed by atoms with E-state index in [-0.39, 0.29) is 12.6 Å². The molecule has 0 bridgehead atoms. The molecule has 0 spiro atoms. The zero-order valence-corrected chi connectivity index (χ0v) is 14.2. The van der Waals surface area contributed by atoms with Gasteiger partial charge in [-0.25, -0.2) is 4.79 Å². The number of carbonyl (C=O) groups excluding carboxylic acids is 2. The van der Waals surface area contributed by atoms with Crippen LogP contribution in [0.25, 0.3) is 11.1 Å². The summed E-state index contributed by atoms with van der Waals surface area (Å²) in [5, 5.41) is 0. The quantitative estimate of drug-likeness (QED) is 0.515. The van der Waals surface area contributed by atoms with E-state index in [2.05, 4.69) is 4.98 Å². The van der Waals surface area contributed by atoms with Crippen LogP contribution in [0, 0.1) is 0 Å². The second kappa shape index (κ2) is 8.07. The molecule has 5 heteroatoms. The fourth-order valence-corrected chi connectivity index (χ4v) is 2.39. The third kappa shape index (κ3) is 4.54. The zero-order chi connectivity index (χ0) is 18.4. The van der Waals surface area contributed by atoms with Gasteiger partial charge in [0, 0.05) is 13.1 Å². The minimum absolute atomic E-state index is 0.138. The topological polar surface area (TPSA) is 65.5 Å². The van der Waals surface area contributed by atoms with Gasteiger partial charge in [0.1, 0.15) is 12.4 Å². The van der Waals surface area contributed by atoms with Gasteiger partial charge in [0.2, 0.25) is 0 Å². The molecule has 0 saturated heterocycles. The van der Waals surface area contributed by atoms with Crippen molar-refractivity contribution in [2.24, 2.45) is 0 Å². The van der Waals surface area contributed by atoms with Gasteiger partial charge < -0.3 is 9.47 Å². The van der Waals surface area contributed by atoms with Crippen molar-refractivity contribution in [1.29, 1.82) is 0 Å². The van der Waals surface area contributed by atoms with E-state index in [0.29, 0.717) is 17.0 Å². The van der Waals surface area contributed by atoms with Gasteiger partial charge in [-0.1, -0.05) is 30.3 Å². The first-order valence-electron chi connectivity index (χ1n) is 8.08. The van der Waals surface area contributed by atoms with E-state index >= 15 is 0 Å². The standard InChI is InChI=1S/C21H17NO4/c1-15(23)26-20-11-9-17(10-12-20)16-5-7-18(8-6-16)21(24)25-14-19-4-2-3-13-22-19/h2-13H,14H2,1H3. The maximum atomic E-state index is 12.1. The van der Waals surface area contributed by atoms with E-state index < -0.39 is 5.97 Å². The Morgan fingerprint density at radius 2 is 1.54 bits per heavy atom. The van der Waals surface area contributed by atoms with E-state index in [0.717, 1.165) is 11.1 Å². The van der Waals surface area contributed by atoms with Crippen molar-refractivity contribution in [3.8, 4) is 16.9 Å². The second-order valence-corrected chi connectivity index (χ2v) is 5.59. The number of hydrogen-bond donors (Lipinski definition) is 0. The van der Waals surface area contributed by atoms with Crippen LogP contribution in [-0.2, 0) is 16.1 Å². The molecular weight excluding hydrogens is 330 g/mol. The summed E-state index contributed by atoms with van der Waals surface area (Å²) in [4.78, 5) is 27.2. The second-order valence-electron chi connectivity index (χ2n) is 5.59. The lowest BCUT2D eigenvalue weighted by atomic mass is 10.0. The number of benzene rings is 2. The highest BCUT2D eigenvalue weighted by Gasteiger charge is 2.08. The minimum atomic E-state index is -0.396. The Kier molecular flexibility index (Phi) is 5.39. The maximum absolute atomic E-state index is 12.1. The number of pyridine rings is 1. The predicted molar refractivity (Wildman–Crippen MR) is 96.5 cm³/mol. The summed E-state index contributed by atoms with van der Waals surface area (Å²) in [6, 6.07) is 19.7. The van der Waals surface area contributed by atoms with Crippen molar-refractivity contribution in [2.45, 2.75) is 13.5 Å². The van der Waals surface area contributed by atoms with Crippen molar-refractivity contribution in [1.82, 2.24) is 4.98 Å². The first kappa shape index (κ1) is 17.4. The van der Waals surface area contributed by atoms with Crippen LogP contribution >= 0.6 is 0 Å². The van der Waals surface area contributed by atoms with Crippen molar-refractivity contribution in [3.05, 3.63) is 84.2 Å². The molecule has 0 fully saturated rings. The lowest BCUT2D eigenvalue weighted by molar-refractivity contribution is -0.131. The predicted octanol–water partition coefficient (Wildman–Crippen LogP) is 4.03. The van der Waals surface area contributed by atoms with Crippen molar-refractivity contribution in [3.63, 3.8) is 0 Å². The van der Waals surface area contributed by atoms with Crippen molar-refractivity contribution in [2.75, 3.05) is 0 Å². The molecule has 0 saturated carbocycles. The Labute approximate surface area is 151 Å². The van der Waals surface area contributed by atoms with E-state index in [1.807, 2.05) is 36.4 Å². The van der Waals surface area contributed by atoms with Gasteiger partial charge in [0.15, 0.2) is 0 Å². The third-order valence-electron chi connectivity index (χ3n) is 3.65. The van der Waals surface area contributed by atoms with Crippen LogP contribution in [0.2, 0.25) is 0 Å². The molecule has 3 rings (SSSR count). The number of hydrogen-bond acceptors (Lipinski definition) is 5. The van der Waals surface area contributed by atoms with Gasteiger partial charge >= 0.3 is 11.9 Å². The summed E-state index contributed by atoms with van der Waals surface area (Å²) in [5.41, 5.74) is 3.07. The molecule has 0 unspecified atom stereocenters. The molecule has 1 heterocycles. The van der Waals surface area contributed by atoms with Crippen molar-refractivity contribution < 1.29 is 19.1 Å². The summed E-state index contributed by atoms with van der Waals surface area (Å²) in [6.45, 7) is 1.50. The highest BCUT2D eigenvalue weighted by Crippen LogP contribution is 2.23. The largest absolute Gasteiger partial charge is 0.456 e. The first-order valence-corrected chi connectivity index (χ1v) is 8.08. The molecule has 130 valence electrons. The zero-order valence-electron chi connectivity index (χ0n) is 14.2. The number of nitrogens with zero attached hydrogens (tertiary/aromatic N) is 1. The van der Waals surface area contributed by atoms with Gasteiger partial charge in [-0.3, -0.25) is 9.78 Å². The van der Waals surface area contributed by atoms with Gasteiger partial charge in [-0.2, -0.15) is 0 Å². The van der Waals surface area contributed by atoms with Gasteiger partial charge in [0.05, 0.1) is 11.3 Å². The van der Waals surface area contributed by atoms with Crippen molar-refractivity contribution >= 4 is 11.9 Å². The molecule has 0 amide bonds. The van der Waals surface area contributed by atoms with Gasteiger partial charge in [0.25, 0.3) is 0 Å².